The van der Waals surface area contributed by atoms with Gasteiger partial charge in [-0.25, -0.2) is 9.97 Å². The number of fused-ring (bicyclic) bond motifs is 1. The molecule has 6 nitrogen and oxygen atoms in total. The van der Waals surface area contributed by atoms with E-state index in [9.17, 15) is 4.79 Å². The summed E-state index contributed by atoms with van der Waals surface area (Å²) in [7, 11) is 0. The number of carbonyl (C=O) groups excluding carboxylic acids is 1. The van der Waals surface area contributed by atoms with Crippen molar-refractivity contribution in [1.29, 1.82) is 0 Å². The molecule has 0 saturated carbocycles. The highest BCUT2D eigenvalue weighted by atomic mass is 16.2. The summed E-state index contributed by atoms with van der Waals surface area (Å²) in [6.45, 7) is 5.19. The van der Waals surface area contributed by atoms with Crippen LogP contribution in [-0.2, 0) is 0 Å². The van der Waals surface area contributed by atoms with Gasteiger partial charge in [0, 0.05) is 30.7 Å². The van der Waals surface area contributed by atoms with E-state index in [1.54, 1.807) is 17.2 Å². The van der Waals surface area contributed by atoms with Crippen LogP contribution in [0.15, 0.2) is 48.9 Å². The maximum Gasteiger partial charge on any atom is 0.272 e. The van der Waals surface area contributed by atoms with Crippen molar-refractivity contribution in [1.82, 2.24) is 19.9 Å². The number of anilines is 2. The number of aromatic nitrogens is 3. The summed E-state index contributed by atoms with van der Waals surface area (Å²) in [5.74, 6) is 0.472. The van der Waals surface area contributed by atoms with E-state index in [0.29, 0.717) is 24.6 Å². The first-order chi connectivity index (χ1) is 11.7. The average Bonchev–Trinajstić information content (AvgIpc) is 2.63. The normalized spacial score (nSPS) is 10.6. The number of hydrogen-bond acceptors (Lipinski definition) is 5. The molecule has 1 N–H and O–H groups in total. The Morgan fingerprint density at radius 2 is 1.88 bits per heavy atom. The topological polar surface area (TPSA) is 71.0 Å². The van der Waals surface area contributed by atoms with Crippen LogP contribution < -0.4 is 5.32 Å². The number of para-hydroxylation sites is 1. The van der Waals surface area contributed by atoms with Gasteiger partial charge >= 0.3 is 0 Å². The van der Waals surface area contributed by atoms with Crippen LogP contribution in [0.3, 0.4) is 0 Å². The second-order valence-electron chi connectivity index (χ2n) is 5.27. The molecule has 0 aliphatic rings. The van der Waals surface area contributed by atoms with Crippen molar-refractivity contribution in [3.05, 3.63) is 54.6 Å². The predicted octanol–water partition coefficient (Wildman–Crippen LogP) is 3.25. The van der Waals surface area contributed by atoms with Gasteiger partial charge in [0.05, 0.1) is 11.2 Å². The van der Waals surface area contributed by atoms with E-state index in [-0.39, 0.29) is 5.91 Å². The van der Waals surface area contributed by atoms with Crippen LogP contribution in [0.4, 0.5) is 11.5 Å². The smallest absolute Gasteiger partial charge is 0.272 e. The molecule has 3 rings (SSSR count). The van der Waals surface area contributed by atoms with Crippen molar-refractivity contribution < 1.29 is 4.79 Å². The van der Waals surface area contributed by atoms with Gasteiger partial charge in [-0.2, -0.15) is 0 Å². The summed E-state index contributed by atoms with van der Waals surface area (Å²) in [6.07, 6.45) is 3.15. The van der Waals surface area contributed by atoms with Crippen LogP contribution in [0.2, 0.25) is 0 Å². The molecule has 1 amide bonds. The van der Waals surface area contributed by atoms with Crippen molar-refractivity contribution >= 4 is 28.3 Å². The highest BCUT2D eigenvalue weighted by molar-refractivity contribution is 5.94. The molecule has 3 aromatic rings. The van der Waals surface area contributed by atoms with E-state index in [1.165, 1.54) is 6.33 Å². The zero-order chi connectivity index (χ0) is 16.9. The third-order valence-corrected chi connectivity index (χ3v) is 3.83. The van der Waals surface area contributed by atoms with Crippen LogP contribution in [-0.4, -0.2) is 38.8 Å². The predicted molar refractivity (Wildman–Crippen MR) is 94.3 cm³/mol. The number of benzene rings is 1. The van der Waals surface area contributed by atoms with Crippen LogP contribution in [0.5, 0.6) is 0 Å². The van der Waals surface area contributed by atoms with E-state index in [2.05, 4.69) is 20.3 Å². The van der Waals surface area contributed by atoms with Crippen molar-refractivity contribution in [2.75, 3.05) is 18.4 Å². The monoisotopic (exact) mass is 321 g/mol. The third-order valence-electron chi connectivity index (χ3n) is 3.83. The van der Waals surface area contributed by atoms with Crippen molar-refractivity contribution in [2.45, 2.75) is 13.8 Å². The number of pyridine rings is 1. The van der Waals surface area contributed by atoms with E-state index < -0.39 is 0 Å². The van der Waals surface area contributed by atoms with Gasteiger partial charge in [-0.05, 0) is 26.0 Å². The number of nitrogens with one attached hydrogen (secondary N) is 1. The van der Waals surface area contributed by atoms with Gasteiger partial charge < -0.3 is 10.2 Å². The van der Waals surface area contributed by atoms with Crippen molar-refractivity contribution in [3.8, 4) is 0 Å². The highest BCUT2D eigenvalue weighted by Gasteiger charge is 2.15. The third kappa shape index (κ3) is 3.17. The molecule has 122 valence electrons. The molecule has 0 aliphatic heterocycles. The van der Waals surface area contributed by atoms with Gasteiger partial charge in [0.2, 0.25) is 0 Å². The van der Waals surface area contributed by atoms with E-state index >= 15 is 0 Å². The molecule has 2 aromatic heterocycles. The molecule has 24 heavy (non-hydrogen) atoms. The Kier molecular flexibility index (Phi) is 4.65. The van der Waals surface area contributed by atoms with Crippen LogP contribution in [0.25, 0.3) is 10.9 Å². The van der Waals surface area contributed by atoms with Gasteiger partial charge in [0.25, 0.3) is 5.91 Å². The van der Waals surface area contributed by atoms with Crippen LogP contribution >= 0.6 is 0 Å². The Bertz CT molecular complexity index is 855. The number of rotatable bonds is 5. The molecule has 6 heteroatoms. The Balaban J connectivity index is 1.91. The quantitative estimate of drug-likeness (QED) is 0.781. The van der Waals surface area contributed by atoms with Gasteiger partial charge in [0.1, 0.15) is 17.8 Å². The van der Waals surface area contributed by atoms with Crippen LogP contribution in [0, 0.1) is 0 Å². The molecular formula is C18H19N5O. The zero-order valence-electron chi connectivity index (χ0n) is 13.7. The first kappa shape index (κ1) is 15.9. The number of carbonyl (C=O) groups is 1. The summed E-state index contributed by atoms with van der Waals surface area (Å²) >= 11 is 0. The number of hydrogen-bond donors (Lipinski definition) is 1. The molecular weight excluding hydrogens is 302 g/mol. The SMILES string of the molecule is CCN(CC)C(=O)c1cc(Nc2cccc3cccnc23)ncn1. The molecule has 0 radical (unpaired) electrons. The summed E-state index contributed by atoms with van der Waals surface area (Å²) < 4.78 is 0. The molecule has 0 saturated heterocycles. The Morgan fingerprint density at radius 1 is 1.08 bits per heavy atom. The van der Waals surface area contributed by atoms with Gasteiger partial charge in [0.15, 0.2) is 0 Å². The lowest BCUT2D eigenvalue weighted by Crippen LogP contribution is -2.31. The molecule has 0 unspecified atom stereocenters. The summed E-state index contributed by atoms with van der Waals surface area (Å²) in [4.78, 5) is 26.9. The molecule has 0 spiro atoms. The van der Waals surface area contributed by atoms with Crippen molar-refractivity contribution in [3.63, 3.8) is 0 Å². The van der Waals surface area contributed by atoms with Crippen LogP contribution in [0.1, 0.15) is 24.3 Å². The fourth-order valence-electron chi connectivity index (χ4n) is 2.56. The highest BCUT2D eigenvalue weighted by Crippen LogP contribution is 2.23. The lowest BCUT2D eigenvalue weighted by Gasteiger charge is -2.18. The van der Waals surface area contributed by atoms with E-state index in [4.69, 9.17) is 0 Å². The van der Waals surface area contributed by atoms with E-state index in [0.717, 1.165) is 16.6 Å². The molecule has 0 bridgehead atoms. The number of amides is 1. The fraction of sp³-hybridized carbons (Fsp3) is 0.222. The average molecular weight is 321 g/mol. The minimum Gasteiger partial charge on any atom is -0.338 e. The minimum absolute atomic E-state index is 0.0958. The molecule has 0 aliphatic carbocycles. The molecule has 1 aromatic carbocycles. The fourth-order valence-corrected chi connectivity index (χ4v) is 2.56. The maximum atomic E-state index is 12.4. The first-order valence-corrected chi connectivity index (χ1v) is 7.95. The lowest BCUT2D eigenvalue weighted by atomic mass is 10.2. The van der Waals surface area contributed by atoms with Gasteiger partial charge in [-0.3, -0.25) is 9.78 Å². The lowest BCUT2D eigenvalue weighted by molar-refractivity contribution is 0.0767. The largest absolute Gasteiger partial charge is 0.338 e. The summed E-state index contributed by atoms with van der Waals surface area (Å²) in [5, 5.41) is 4.27. The summed E-state index contributed by atoms with van der Waals surface area (Å²) in [6, 6.07) is 11.5. The number of nitrogens with zero attached hydrogens (tertiary/aromatic N) is 4. The molecule has 0 atom stereocenters. The van der Waals surface area contributed by atoms with E-state index in [1.807, 2.05) is 44.2 Å². The second-order valence-corrected chi connectivity index (χ2v) is 5.27. The van der Waals surface area contributed by atoms with Gasteiger partial charge in [-0.15, -0.1) is 0 Å². The minimum atomic E-state index is -0.0958. The molecule has 0 fully saturated rings. The first-order valence-electron chi connectivity index (χ1n) is 7.95. The Morgan fingerprint density at radius 3 is 2.67 bits per heavy atom. The second kappa shape index (κ2) is 7.04. The zero-order valence-corrected chi connectivity index (χ0v) is 13.7. The summed E-state index contributed by atoms with van der Waals surface area (Å²) in [5.41, 5.74) is 2.08. The Hall–Kier alpha value is -3.02. The maximum absolute atomic E-state index is 12.4. The van der Waals surface area contributed by atoms with Crippen molar-refractivity contribution in [2.24, 2.45) is 0 Å². The Labute approximate surface area is 140 Å². The standard InChI is InChI=1S/C18H19N5O/c1-3-23(4-2)18(24)15-11-16(21-12-20-15)22-14-9-5-7-13-8-6-10-19-17(13)14/h5-12H,3-4H2,1-2H3,(H,20,21,22). The van der Waals surface area contributed by atoms with Gasteiger partial charge in [-0.1, -0.05) is 18.2 Å². The molecule has 2 heterocycles.